The van der Waals surface area contributed by atoms with Crippen LogP contribution in [0, 0.1) is 6.92 Å². The molecule has 3 heteroatoms. The van der Waals surface area contributed by atoms with E-state index in [4.69, 9.17) is 10.8 Å². The number of benzene rings is 1. The van der Waals surface area contributed by atoms with Gasteiger partial charge in [-0.15, -0.1) is 0 Å². The molecule has 0 aliphatic carbocycles. The summed E-state index contributed by atoms with van der Waals surface area (Å²) in [6.45, 7) is 3.84. The number of nitrogens with two attached hydrogens (primary N) is 1. The van der Waals surface area contributed by atoms with Crippen LogP contribution in [-0.4, -0.2) is 17.1 Å². The quantitative estimate of drug-likeness (QED) is 0.792. The highest BCUT2D eigenvalue weighted by atomic mass is 16.4. The SMILES string of the molecule is Cc1ccc(C(CC(=O)O)C(C)N)cc1. The zero-order chi connectivity index (χ0) is 11.4. The van der Waals surface area contributed by atoms with Crippen LogP contribution in [0.25, 0.3) is 0 Å². The fraction of sp³-hybridized carbons (Fsp3) is 0.417. The van der Waals surface area contributed by atoms with E-state index in [-0.39, 0.29) is 18.4 Å². The molecule has 0 fully saturated rings. The lowest BCUT2D eigenvalue weighted by atomic mass is 9.89. The topological polar surface area (TPSA) is 63.3 Å². The molecule has 0 spiro atoms. The first-order valence-corrected chi connectivity index (χ1v) is 5.04. The minimum Gasteiger partial charge on any atom is -0.481 e. The van der Waals surface area contributed by atoms with Gasteiger partial charge in [-0.3, -0.25) is 4.79 Å². The maximum atomic E-state index is 10.7. The van der Waals surface area contributed by atoms with E-state index in [9.17, 15) is 4.79 Å². The van der Waals surface area contributed by atoms with Gasteiger partial charge in [0.05, 0.1) is 6.42 Å². The maximum absolute atomic E-state index is 10.7. The van der Waals surface area contributed by atoms with Crippen LogP contribution in [0.4, 0.5) is 0 Å². The van der Waals surface area contributed by atoms with E-state index in [1.165, 1.54) is 0 Å². The molecule has 0 aliphatic rings. The van der Waals surface area contributed by atoms with Crippen molar-refractivity contribution in [1.82, 2.24) is 0 Å². The molecule has 1 rings (SSSR count). The van der Waals surface area contributed by atoms with Crippen molar-refractivity contribution < 1.29 is 9.90 Å². The number of aliphatic carboxylic acids is 1. The van der Waals surface area contributed by atoms with Gasteiger partial charge in [0, 0.05) is 12.0 Å². The summed E-state index contributed by atoms with van der Waals surface area (Å²) < 4.78 is 0. The van der Waals surface area contributed by atoms with Gasteiger partial charge in [0.1, 0.15) is 0 Å². The highest BCUT2D eigenvalue weighted by Gasteiger charge is 2.19. The van der Waals surface area contributed by atoms with E-state index in [1.54, 1.807) is 0 Å². The Balaban J connectivity index is 2.88. The summed E-state index contributed by atoms with van der Waals surface area (Å²) in [6, 6.07) is 7.71. The van der Waals surface area contributed by atoms with E-state index in [0.29, 0.717) is 0 Å². The molecule has 0 aromatic heterocycles. The number of hydrogen-bond donors (Lipinski definition) is 2. The molecule has 1 aromatic rings. The molecule has 3 nitrogen and oxygen atoms in total. The van der Waals surface area contributed by atoms with Crippen molar-refractivity contribution in [2.45, 2.75) is 32.2 Å². The van der Waals surface area contributed by atoms with Crippen molar-refractivity contribution >= 4 is 5.97 Å². The van der Waals surface area contributed by atoms with E-state index in [1.807, 2.05) is 38.1 Å². The van der Waals surface area contributed by atoms with E-state index < -0.39 is 5.97 Å². The average Bonchev–Trinajstić information content (AvgIpc) is 2.15. The third-order valence-corrected chi connectivity index (χ3v) is 2.53. The Morgan fingerprint density at radius 3 is 2.33 bits per heavy atom. The van der Waals surface area contributed by atoms with Crippen molar-refractivity contribution in [2.24, 2.45) is 5.73 Å². The molecule has 15 heavy (non-hydrogen) atoms. The minimum atomic E-state index is -0.808. The van der Waals surface area contributed by atoms with Crippen molar-refractivity contribution in [1.29, 1.82) is 0 Å². The normalized spacial score (nSPS) is 14.6. The molecule has 0 radical (unpaired) electrons. The molecular weight excluding hydrogens is 190 g/mol. The van der Waals surface area contributed by atoms with Crippen LogP contribution >= 0.6 is 0 Å². The zero-order valence-corrected chi connectivity index (χ0v) is 9.10. The van der Waals surface area contributed by atoms with Crippen LogP contribution in [0.1, 0.15) is 30.4 Å². The molecule has 0 amide bonds. The predicted octanol–water partition coefficient (Wildman–Crippen LogP) is 1.90. The largest absolute Gasteiger partial charge is 0.481 e. The fourth-order valence-electron chi connectivity index (χ4n) is 1.61. The number of rotatable bonds is 4. The molecule has 82 valence electrons. The lowest BCUT2D eigenvalue weighted by Gasteiger charge is -2.19. The molecule has 0 heterocycles. The number of aryl methyl sites for hydroxylation is 1. The van der Waals surface area contributed by atoms with Crippen molar-refractivity contribution in [3.8, 4) is 0 Å². The van der Waals surface area contributed by atoms with Gasteiger partial charge < -0.3 is 10.8 Å². The van der Waals surface area contributed by atoms with Gasteiger partial charge in [0.25, 0.3) is 0 Å². The van der Waals surface area contributed by atoms with Gasteiger partial charge in [-0.05, 0) is 19.4 Å². The standard InChI is InChI=1S/C12H17NO2/c1-8-3-5-10(6-4-8)11(9(2)13)7-12(14)15/h3-6,9,11H,7,13H2,1-2H3,(H,14,15). The summed E-state index contributed by atoms with van der Waals surface area (Å²) in [5, 5.41) is 8.79. The highest BCUT2D eigenvalue weighted by Crippen LogP contribution is 2.22. The van der Waals surface area contributed by atoms with Crippen LogP contribution in [0.2, 0.25) is 0 Å². The summed E-state index contributed by atoms with van der Waals surface area (Å²) in [7, 11) is 0. The van der Waals surface area contributed by atoms with Crippen LogP contribution in [-0.2, 0) is 4.79 Å². The van der Waals surface area contributed by atoms with Crippen LogP contribution in [0.5, 0.6) is 0 Å². The fourth-order valence-corrected chi connectivity index (χ4v) is 1.61. The van der Waals surface area contributed by atoms with Crippen LogP contribution in [0.15, 0.2) is 24.3 Å². The summed E-state index contributed by atoms with van der Waals surface area (Å²) >= 11 is 0. The molecule has 3 N–H and O–H groups in total. The molecule has 0 saturated heterocycles. The lowest BCUT2D eigenvalue weighted by molar-refractivity contribution is -0.137. The van der Waals surface area contributed by atoms with E-state index in [2.05, 4.69) is 0 Å². The van der Waals surface area contributed by atoms with E-state index in [0.717, 1.165) is 11.1 Å². The summed E-state index contributed by atoms with van der Waals surface area (Å²) in [5.41, 5.74) is 7.95. The Morgan fingerprint density at radius 1 is 1.40 bits per heavy atom. The third-order valence-electron chi connectivity index (χ3n) is 2.53. The summed E-state index contributed by atoms with van der Waals surface area (Å²) in [6.07, 6.45) is 0.0841. The Kier molecular flexibility index (Phi) is 3.86. The van der Waals surface area contributed by atoms with Crippen LogP contribution in [0.3, 0.4) is 0 Å². The first-order valence-electron chi connectivity index (χ1n) is 5.04. The second-order valence-electron chi connectivity index (χ2n) is 3.97. The molecule has 0 saturated carbocycles. The van der Waals surface area contributed by atoms with Gasteiger partial charge >= 0.3 is 5.97 Å². The van der Waals surface area contributed by atoms with Gasteiger partial charge in [0.2, 0.25) is 0 Å². The van der Waals surface area contributed by atoms with Crippen molar-refractivity contribution in [3.63, 3.8) is 0 Å². The van der Waals surface area contributed by atoms with E-state index >= 15 is 0 Å². The first kappa shape index (κ1) is 11.7. The Hall–Kier alpha value is -1.35. The van der Waals surface area contributed by atoms with Crippen molar-refractivity contribution in [2.75, 3.05) is 0 Å². The zero-order valence-electron chi connectivity index (χ0n) is 9.10. The van der Waals surface area contributed by atoms with Gasteiger partial charge in [-0.1, -0.05) is 29.8 Å². The smallest absolute Gasteiger partial charge is 0.304 e. The lowest BCUT2D eigenvalue weighted by Crippen LogP contribution is -2.26. The number of carboxylic acids is 1. The summed E-state index contributed by atoms with van der Waals surface area (Å²) in [5.74, 6) is -0.916. The summed E-state index contributed by atoms with van der Waals surface area (Å²) in [4.78, 5) is 10.7. The Bertz CT molecular complexity index is 330. The first-order chi connectivity index (χ1) is 7.00. The second kappa shape index (κ2) is 4.94. The second-order valence-corrected chi connectivity index (χ2v) is 3.97. The Morgan fingerprint density at radius 2 is 1.93 bits per heavy atom. The van der Waals surface area contributed by atoms with Gasteiger partial charge in [-0.2, -0.15) is 0 Å². The molecular formula is C12H17NO2. The molecule has 0 bridgehead atoms. The average molecular weight is 207 g/mol. The molecule has 1 aromatic carbocycles. The minimum absolute atomic E-state index is 0.0841. The number of hydrogen-bond acceptors (Lipinski definition) is 2. The number of carbonyl (C=O) groups is 1. The third kappa shape index (κ3) is 3.36. The monoisotopic (exact) mass is 207 g/mol. The van der Waals surface area contributed by atoms with Gasteiger partial charge in [-0.25, -0.2) is 0 Å². The Labute approximate surface area is 89.9 Å². The molecule has 2 atom stereocenters. The van der Waals surface area contributed by atoms with Gasteiger partial charge in [0.15, 0.2) is 0 Å². The maximum Gasteiger partial charge on any atom is 0.304 e. The highest BCUT2D eigenvalue weighted by molar-refractivity contribution is 5.68. The number of carboxylic acid groups (broad SMARTS) is 1. The van der Waals surface area contributed by atoms with Crippen LogP contribution < -0.4 is 5.73 Å². The molecule has 2 unspecified atom stereocenters. The molecule has 0 aliphatic heterocycles. The predicted molar refractivity (Wildman–Crippen MR) is 59.8 cm³/mol. The van der Waals surface area contributed by atoms with Crippen molar-refractivity contribution in [3.05, 3.63) is 35.4 Å².